The summed E-state index contributed by atoms with van der Waals surface area (Å²) in [4.78, 5) is 36.1. The number of aliphatic carboxylic acids is 1. The zero-order valence-corrected chi connectivity index (χ0v) is 16.8. The molecule has 0 spiro atoms. The molecule has 0 radical (unpaired) electrons. The molecule has 0 aromatic carbocycles. The molecule has 2 saturated carbocycles. The predicted molar refractivity (Wildman–Crippen MR) is 104 cm³/mol. The lowest BCUT2D eigenvalue weighted by Gasteiger charge is -2.30. The average molecular weight is 381 g/mol. The minimum absolute atomic E-state index is 0.0955. The zero-order chi connectivity index (χ0) is 19.8. The van der Waals surface area contributed by atoms with Gasteiger partial charge in [-0.05, 0) is 50.4 Å². The molecule has 0 aliphatic heterocycles. The minimum Gasteiger partial charge on any atom is -0.480 e. The van der Waals surface area contributed by atoms with Crippen LogP contribution in [0.5, 0.6) is 0 Å². The van der Waals surface area contributed by atoms with Crippen molar-refractivity contribution in [3.8, 4) is 0 Å². The molecule has 6 heteroatoms. The van der Waals surface area contributed by atoms with Gasteiger partial charge in [0.05, 0.1) is 0 Å². The number of carbonyl (C=O) groups is 3. The summed E-state index contributed by atoms with van der Waals surface area (Å²) < 4.78 is 0. The van der Waals surface area contributed by atoms with Gasteiger partial charge in [-0.3, -0.25) is 9.59 Å². The first-order valence-electron chi connectivity index (χ1n) is 10.7. The molecule has 27 heavy (non-hydrogen) atoms. The Kier molecular flexibility index (Phi) is 8.58. The first-order chi connectivity index (χ1) is 12.9. The Morgan fingerprint density at radius 2 is 1.63 bits per heavy atom. The number of hydrogen-bond acceptors (Lipinski definition) is 3. The van der Waals surface area contributed by atoms with Crippen molar-refractivity contribution in [1.82, 2.24) is 10.6 Å². The van der Waals surface area contributed by atoms with E-state index in [0.717, 1.165) is 12.8 Å². The second-order valence-corrected chi connectivity index (χ2v) is 8.53. The van der Waals surface area contributed by atoms with Gasteiger partial charge in [0.1, 0.15) is 6.04 Å². The van der Waals surface area contributed by atoms with Gasteiger partial charge in [0.25, 0.3) is 0 Å². The summed E-state index contributed by atoms with van der Waals surface area (Å²) in [5.74, 6) is -0.688. The molecule has 2 aliphatic carbocycles. The number of carboxylic acid groups (broad SMARTS) is 1. The Morgan fingerprint density at radius 1 is 1.00 bits per heavy atom. The normalized spacial score (nSPS) is 26.0. The molecular weight excluding hydrogens is 344 g/mol. The molecule has 154 valence electrons. The van der Waals surface area contributed by atoms with Crippen molar-refractivity contribution in [3.05, 3.63) is 0 Å². The van der Waals surface area contributed by atoms with Crippen molar-refractivity contribution < 1.29 is 19.5 Å². The predicted octanol–water partition coefficient (Wildman–Crippen LogP) is 3.25. The van der Waals surface area contributed by atoms with Crippen LogP contribution in [0.4, 0.5) is 0 Å². The molecule has 0 aromatic rings. The lowest BCUT2D eigenvalue weighted by Crippen LogP contribution is -2.48. The standard InChI is InChI=1S/C21H36N2O4/c1-3-14(2)19(21(26)27)23-20(25)16-9-11-17(12-10-16)22-18(24)13-15-7-5-4-6-8-15/h14-17,19H,3-13H2,1-2H3,(H,22,24)(H,23,25)(H,26,27)/t14-,16?,17?,19-/m0/s1. The largest absolute Gasteiger partial charge is 0.480 e. The number of amides is 2. The summed E-state index contributed by atoms with van der Waals surface area (Å²) in [6, 6.07) is -0.676. The van der Waals surface area contributed by atoms with Gasteiger partial charge in [-0.2, -0.15) is 0 Å². The van der Waals surface area contributed by atoms with E-state index >= 15 is 0 Å². The summed E-state index contributed by atoms with van der Waals surface area (Å²) in [5, 5.41) is 15.2. The molecule has 2 rings (SSSR count). The average Bonchev–Trinajstić information content (AvgIpc) is 2.66. The maximum atomic E-state index is 12.5. The minimum atomic E-state index is -0.971. The van der Waals surface area contributed by atoms with E-state index in [2.05, 4.69) is 10.6 Å². The van der Waals surface area contributed by atoms with Crippen molar-refractivity contribution in [2.24, 2.45) is 17.8 Å². The third-order valence-electron chi connectivity index (χ3n) is 6.44. The summed E-state index contributed by atoms with van der Waals surface area (Å²) in [7, 11) is 0. The van der Waals surface area contributed by atoms with Gasteiger partial charge in [-0.25, -0.2) is 4.79 Å². The van der Waals surface area contributed by atoms with E-state index in [1.54, 1.807) is 0 Å². The highest BCUT2D eigenvalue weighted by atomic mass is 16.4. The van der Waals surface area contributed by atoms with Gasteiger partial charge in [0, 0.05) is 18.4 Å². The number of hydrogen-bond donors (Lipinski definition) is 3. The van der Waals surface area contributed by atoms with Crippen molar-refractivity contribution in [1.29, 1.82) is 0 Å². The van der Waals surface area contributed by atoms with Crippen LogP contribution in [0.1, 0.15) is 84.5 Å². The van der Waals surface area contributed by atoms with Gasteiger partial charge in [0.15, 0.2) is 0 Å². The fraction of sp³-hybridized carbons (Fsp3) is 0.857. The molecule has 0 aromatic heterocycles. The van der Waals surface area contributed by atoms with E-state index < -0.39 is 12.0 Å². The molecule has 0 saturated heterocycles. The van der Waals surface area contributed by atoms with Crippen LogP contribution in [0.25, 0.3) is 0 Å². The lowest BCUT2D eigenvalue weighted by molar-refractivity contribution is -0.144. The SMILES string of the molecule is CC[C@H](C)[C@H](NC(=O)C1CCC(NC(=O)CC2CCCCC2)CC1)C(=O)O. The van der Waals surface area contributed by atoms with Crippen LogP contribution >= 0.6 is 0 Å². The quantitative estimate of drug-likeness (QED) is 0.602. The monoisotopic (exact) mass is 380 g/mol. The Labute approximate surface area is 162 Å². The van der Waals surface area contributed by atoms with E-state index in [4.69, 9.17) is 0 Å². The first kappa shape index (κ1) is 21.7. The van der Waals surface area contributed by atoms with Crippen molar-refractivity contribution in [3.63, 3.8) is 0 Å². The number of nitrogens with one attached hydrogen (secondary N) is 2. The van der Waals surface area contributed by atoms with Crippen LogP contribution < -0.4 is 10.6 Å². The Balaban J connectivity index is 1.73. The lowest BCUT2D eigenvalue weighted by atomic mass is 9.84. The van der Waals surface area contributed by atoms with Crippen molar-refractivity contribution in [2.45, 2.75) is 96.6 Å². The van der Waals surface area contributed by atoms with E-state index in [1.807, 2.05) is 13.8 Å². The summed E-state index contributed by atoms with van der Waals surface area (Å²) >= 11 is 0. The highest BCUT2D eigenvalue weighted by Crippen LogP contribution is 2.28. The fourth-order valence-corrected chi connectivity index (χ4v) is 4.39. The molecule has 2 atom stereocenters. The van der Waals surface area contributed by atoms with Crippen LogP contribution in [0.15, 0.2) is 0 Å². The van der Waals surface area contributed by atoms with E-state index in [9.17, 15) is 19.5 Å². The van der Waals surface area contributed by atoms with E-state index in [-0.39, 0.29) is 29.7 Å². The second-order valence-electron chi connectivity index (χ2n) is 8.53. The molecule has 2 aliphatic rings. The molecule has 0 bridgehead atoms. The van der Waals surface area contributed by atoms with Crippen molar-refractivity contribution >= 4 is 17.8 Å². The molecule has 6 nitrogen and oxygen atoms in total. The first-order valence-corrected chi connectivity index (χ1v) is 10.7. The van der Waals surface area contributed by atoms with E-state index in [1.165, 1.54) is 32.1 Å². The second kappa shape index (κ2) is 10.7. The molecule has 3 N–H and O–H groups in total. The summed E-state index contributed by atoms with van der Waals surface area (Å²) in [6.45, 7) is 3.77. The third kappa shape index (κ3) is 6.82. The highest BCUT2D eigenvalue weighted by Gasteiger charge is 2.31. The van der Waals surface area contributed by atoms with Gasteiger partial charge >= 0.3 is 5.97 Å². The third-order valence-corrected chi connectivity index (χ3v) is 6.44. The van der Waals surface area contributed by atoms with Gasteiger partial charge in [-0.15, -0.1) is 0 Å². The number of carboxylic acids is 1. The maximum Gasteiger partial charge on any atom is 0.326 e. The zero-order valence-electron chi connectivity index (χ0n) is 16.8. The molecule has 2 amide bonds. The van der Waals surface area contributed by atoms with Crippen molar-refractivity contribution in [2.75, 3.05) is 0 Å². The maximum absolute atomic E-state index is 12.5. The smallest absolute Gasteiger partial charge is 0.326 e. The molecule has 0 unspecified atom stereocenters. The van der Waals surface area contributed by atoms with E-state index in [0.29, 0.717) is 31.6 Å². The summed E-state index contributed by atoms with van der Waals surface area (Å²) in [5.41, 5.74) is 0. The summed E-state index contributed by atoms with van der Waals surface area (Å²) in [6.07, 6.45) is 10.4. The van der Waals surface area contributed by atoms with Crippen LogP contribution in [0, 0.1) is 17.8 Å². The highest BCUT2D eigenvalue weighted by molar-refractivity contribution is 5.85. The number of rotatable bonds is 8. The Bertz CT molecular complexity index is 508. The van der Waals surface area contributed by atoms with Gasteiger partial charge < -0.3 is 15.7 Å². The van der Waals surface area contributed by atoms with Crippen LogP contribution in [0.3, 0.4) is 0 Å². The van der Waals surface area contributed by atoms with Crippen LogP contribution in [-0.2, 0) is 14.4 Å². The Morgan fingerprint density at radius 3 is 2.19 bits per heavy atom. The topological polar surface area (TPSA) is 95.5 Å². The van der Waals surface area contributed by atoms with Gasteiger partial charge in [0.2, 0.25) is 11.8 Å². The van der Waals surface area contributed by atoms with Crippen LogP contribution in [-0.4, -0.2) is 35.0 Å². The Hall–Kier alpha value is -1.59. The van der Waals surface area contributed by atoms with Gasteiger partial charge in [-0.1, -0.05) is 39.5 Å². The molecule has 0 heterocycles. The molecule has 2 fully saturated rings. The number of carbonyl (C=O) groups excluding carboxylic acids is 2. The fourth-order valence-electron chi connectivity index (χ4n) is 4.39. The molecular formula is C21H36N2O4. The van der Waals surface area contributed by atoms with Crippen LogP contribution in [0.2, 0.25) is 0 Å².